The molecular formula is C23H28N2O3. The molecule has 1 aromatic carbocycles. The van der Waals surface area contributed by atoms with E-state index in [1.807, 2.05) is 24.3 Å². The molecule has 1 N–H and O–H groups in total. The van der Waals surface area contributed by atoms with Gasteiger partial charge in [-0.1, -0.05) is 45.9 Å². The molecule has 0 saturated carbocycles. The molecular weight excluding hydrogens is 352 g/mol. The standard InChI is InChI=1S/C23H28N2O3/c1-16(2)20-10-5-11-21(17(3)4)22(20)24-23(26)25(14-18-8-6-12-27-18)15-19-9-7-13-28-19/h5-13,16-17H,14-15H2,1-4H3,(H,24,26). The third kappa shape index (κ3) is 4.66. The van der Waals surface area contributed by atoms with Crippen LogP contribution < -0.4 is 5.32 Å². The van der Waals surface area contributed by atoms with Gasteiger partial charge in [0.2, 0.25) is 0 Å². The highest BCUT2D eigenvalue weighted by molar-refractivity contribution is 5.91. The van der Waals surface area contributed by atoms with Crippen LogP contribution in [-0.4, -0.2) is 10.9 Å². The van der Waals surface area contributed by atoms with Crippen molar-refractivity contribution in [2.75, 3.05) is 5.32 Å². The van der Waals surface area contributed by atoms with Crippen molar-refractivity contribution in [2.24, 2.45) is 0 Å². The Labute approximate surface area is 166 Å². The van der Waals surface area contributed by atoms with Crippen LogP contribution in [0.1, 0.15) is 62.2 Å². The van der Waals surface area contributed by atoms with Crippen LogP contribution in [0.15, 0.2) is 63.8 Å². The minimum atomic E-state index is -0.178. The smallest absolute Gasteiger partial charge is 0.322 e. The lowest BCUT2D eigenvalue weighted by Gasteiger charge is -2.25. The van der Waals surface area contributed by atoms with Crippen LogP contribution in [0.4, 0.5) is 10.5 Å². The first-order valence-corrected chi connectivity index (χ1v) is 9.69. The van der Waals surface area contributed by atoms with E-state index in [4.69, 9.17) is 8.83 Å². The Morgan fingerprint density at radius 1 is 0.857 bits per heavy atom. The lowest BCUT2D eigenvalue weighted by Crippen LogP contribution is -2.34. The lowest BCUT2D eigenvalue weighted by molar-refractivity contribution is 0.195. The summed E-state index contributed by atoms with van der Waals surface area (Å²) in [5.41, 5.74) is 3.17. The SMILES string of the molecule is CC(C)c1cccc(C(C)C)c1NC(=O)N(Cc1ccco1)Cc1ccco1. The molecule has 28 heavy (non-hydrogen) atoms. The van der Waals surface area contributed by atoms with Gasteiger partial charge < -0.3 is 19.1 Å². The normalized spacial score (nSPS) is 11.2. The highest BCUT2D eigenvalue weighted by atomic mass is 16.3. The topological polar surface area (TPSA) is 58.6 Å². The number of urea groups is 1. The van der Waals surface area contributed by atoms with Crippen LogP contribution in [0.25, 0.3) is 0 Å². The Bertz CT molecular complexity index is 818. The number of anilines is 1. The van der Waals surface area contributed by atoms with Gasteiger partial charge in [0.25, 0.3) is 0 Å². The van der Waals surface area contributed by atoms with Gasteiger partial charge in [0.15, 0.2) is 0 Å². The molecule has 0 unspecified atom stereocenters. The fourth-order valence-corrected chi connectivity index (χ4v) is 3.26. The molecule has 5 heteroatoms. The monoisotopic (exact) mass is 380 g/mol. The zero-order valence-electron chi connectivity index (χ0n) is 16.9. The molecule has 2 heterocycles. The third-order valence-electron chi connectivity index (χ3n) is 4.75. The van der Waals surface area contributed by atoms with Crippen molar-refractivity contribution in [3.8, 4) is 0 Å². The summed E-state index contributed by atoms with van der Waals surface area (Å²) in [6.45, 7) is 9.27. The van der Waals surface area contributed by atoms with Crippen molar-refractivity contribution in [3.05, 3.63) is 77.6 Å². The van der Waals surface area contributed by atoms with E-state index in [1.54, 1.807) is 17.4 Å². The van der Waals surface area contributed by atoms with Gasteiger partial charge in [0.1, 0.15) is 11.5 Å². The van der Waals surface area contributed by atoms with Gasteiger partial charge >= 0.3 is 6.03 Å². The van der Waals surface area contributed by atoms with Crippen LogP contribution in [0.5, 0.6) is 0 Å². The van der Waals surface area contributed by atoms with Gasteiger partial charge in [-0.05, 0) is 47.2 Å². The van der Waals surface area contributed by atoms with Crippen molar-refractivity contribution in [1.29, 1.82) is 0 Å². The van der Waals surface area contributed by atoms with Crippen LogP contribution >= 0.6 is 0 Å². The lowest BCUT2D eigenvalue weighted by atomic mass is 9.93. The summed E-state index contributed by atoms with van der Waals surface area (Å²) in [4.78, 5) is 14.9. The minimum absolute atomic E-state index is 0.178. The number of hydrogen-bond acceptors (Lipinski definition) is 3. The summed E-state index contributed by atoms with van der Waals surface area (Å²) in [7, 11) is 0. The summed E-state index contributed by atoms with van der Waals surface area (Å²) in [5.74, 6) is 2.06. The number of furan rings is 2. The van der Waals surface area contributed by atoms with Gasteiger partial charge in [-0.15, -0.1) is 0 Å². The fourth-order valence-electron chi connectivity index (χ4n) is 3.26. The van der Waals surface area contributed by atoms with Crippen LogP contribution in [0, 0.1) is 0 Å². The largest absolute Gasteiger partial charge is 0.467 e. The van der Waals surface area contributed by atoms with E-state index in [0.717, 1.165) is 28.3 Å². The van der Waals surface area contributed by atoms with E-state index in [0.29, 0.717) is 24.9 Å². The first kappa shape index (κ1) is 19.8. The molecule has 2 aromatic heterocycles. The Hall–Kier alpha value is -2.95. The van der Waals surface area contributed by atoms with Gasteiger partial charge in [-0.3, -0.25) is 0 Å². The summed E-state index contributed by atoms with van der Waals surface area (Å²) in [6, 6.07) is 13.4. The molecule has 0 fully saturated rings. The Morgan fingerprint density at radius 2 is 1.36 bits per heavy atom. The maximum absolute atomic E-state index is 13.2. The van der Waals surface area contributed by atoms with E-state index < -0.39 is 0 Å². The summed E-state index contributed by atoms with van der Waals surface area (Å²) in [5, 5.41) is 3.17. The zero-order valence-corrected chi connectivity index (χ0v) is 16.9. The molecule has 148 valence electrons. The second-order valence-corrected chi connectivity index (χ2v) is 7.57. The molecule has 3 rings (SSSR count). The van der Waals surface area contributed by atoms with Crippen molar-refractivity contribution < 1.29 is 13.6 Å². The predicted molar refractivity (Wildman–Crippen MR) is 110 cm³/mol. The number of para-hydroxylation sites is 1. The van der Waals surface area contributed by atoms with E-state index >= 15 is 0 Å². The molecule has 0 radical (unpaired) electrons. The average molecular weight is 380 g/mol. The number of amides is 2. The van der Waals surface area contributed by atoms with Crippen LogP contribution in [0.3, 0.4) is 0 Å². The maximum atomic E-state index is 13.2. The van der Waals surface area contributed by atoms with Gasteiger partial charge in [0, 0.05) is 5.69 Å². The second kappa shape index (κ2) is 8.83. The first-order valence-electron chi connectivity index (χ1n) is 9.69. The molecule has 0 spiro atoms. The van der Waals surface area contributed by atoms with E-state index in [-0.39, 0.29) is 6.03 Å². The second-order valence-electron chi connectivity index (χ2n) is 7.57. The van der Waals surface area contributed by atoms with Crippen molar-refractivity contribution >= 4 is 11.7 Å². The molecule has 2 amide bonds. The van der Waals surface area contributed by atoms with E-state index in [2.05, 4.69) is 51.2 Å². The van der Waals surface area contributed by atoms with Crippen LogP contribution in [-0.2, 0) is 13.1 Å². The minimum Gasteiger partial charge on any atom is -0.467 e. The molecule has 0 aliphatic heterocycles. The highest BCUT2D eigenvalue weighted by Crippen LogP contribution is 2.32. The summed E-state index contributed by atoms with van der Waals surface area (Å²) < 4.78 is 10.9. The summed E-state index contributed by atoms with van der Waals surface area (Å²) >= 11 is 0. The predicted octanol–water partition coefficient (Wildman–Crippen LogP) is 6.35. The highest BCUT2D eigenvalue weighted by Gasteiger charge is 2.21. The molecule has 0 saturated heterocycles. The molecule has 0 aliphatic rings. The van der Waals surface area contributed by atoms with Gasteiger partial charge in [0.05, 0.1) is 25.6 Å². The number of nitrogens with one attached hydrogen (secondary N) is 1. The molecule has 0 aliphatic carbocycles. The first-order chi connectivity index (χ1) is 13.5. The number of hydrogen-bond donors (Lipinski definition) is 1. The molecule has 3 aromatic rings. The van der Waals surface area contributed by atoms with Gasteiger partial charge in [-0.2, -0.15) is 0 Å². The number of carbonyl (C=O) groups is 1. The van der Waals surface area contributed by atoms with E-state index in [9.17, 15) is 4.79 Å². The molecule has 0 atom stereocenters. The summed E-state index contributed by atoms with van der Waals surface area (Å²) in [6.07, 6.45) is 3.23. The number of benzene rings is 1. The van der Waals surface area contributed by atoms with Crippen molar-refractivity contribution in [2.45, 2.75) is 52.6 Å². The quantitative estimate of drug-likeness (QED) is 0.519. The van der Waals surface area contributed by atoms with Crippen LogP contribution in [0.2, 0.25) is 0 Å². The molecule has 0 bridgehead atoms. The Balaban J connectivity index is 1.89. The number of rotatable bonds is 7. The zero-order chi connectivity index (χ0) is 20.1. The fraction of sp³-hybridized carbons (Fsp3) is 0.348. The van der Waals surface area contributed by atoms with Crippen molar-refractivity contribution in [1.82, 2.24) is 4.90 Å². The maximum Gasteiger partial charge on any atom is 0.322 e. The third-order valence-corrected chi connectivity index (χ3v) is 4.75. The van der Waals surface area contributed by atoms with Crippen molar-refractivity contribution in [3.63, 3.8) is 0 Å². The Morgan fingerprint density at radius 3 is 1.75 bits per heavy atom. The number of carbonyl (C=O) groups excluding carboxylic acids is 1. The number of nitrogens with zero attached hydrogens (tertiary/aromatic N) is 1. The average Bonchev–Trinajstić information content (AvgIpc) is 3.35. The van der Waals surface area contributed by atoms with E-state index in [1.165, 1.54) is 0 Å². The molecule has 5 nitrogen and oxygen atoms in total. The van der Waals surface area contributed by atoms with Gasteiger partial charge in [-0.25, -0.2) is 4.79 Å². The Kier molecular flexibility index (Phi) is 6.24.